The van der Waals surface area contributed by atoms with Crippen molar-refractivity contribution in [3.05, 3.63) is 60.1 Å². The average molecular weight is 393 g/mol. The first kappa shape index (κ1) is 18.9. The molecule has 8 heteroatoms. The lowest BCUT2D eigenvalue weighted by Gasteiger charge is -2.32. The van der Waals surface area contributed by atoms with E-state index in [1.54, 1.807) is 21.8 Å². The number of nitrogens with zero attached hydrogens (tertiary/aromatic N) is 4. The molecule has 1 aliphatic rings. The number of carbonyl (C=O) groups excluding carboxylic acids is 2. The van der Waals surface area contributed by atoms with Gasteiger partial charge in [0.1, 0.15) is 11.6 Å². The fourth-order valence-corrected chi connectivity index (χ4v) is 3.72. The Balaban J connectivity index is 1.42. The molecule has 8 nitrogen and oxygen atoms in total. The van der Waals surface area contributed by atoms with Crippen molar-refractivity contribution < 1.29 is 14.1 Å². The number of carbonyl (C=O) groups is 2. The highest BCUT2D eigenvalue weighted by Gasteiger charge is 2.31. The van der Waals surface area contributed by atoms with Crippen LogP contribution in [0, 0.1) is 5.92 Å². The first-order valence-corrected chi connectivity index (χ1v) is 9.74. The van der Waals surface area contributed by atoms with Gasteiger partial charge in [0.05, 0.1) is 23.6 Å². The summed E-state index contributed by atoms with van der Waals surface area (Å²) in [6, 6.07) is 11.2. The normalized spacial score (nSPS) is 16.7. The zero-order valence-electron chi connectivity index (χ0n) is 16.0. The zero-order chi connectivity index (χ0) is 20.2. The van der Waals surface area contributed by atoms with E-state index in [-0.39, 0.29) is 17.6 Å². The van der Waals surface area contributed by atoms with Crippen molar-refractivity contribution in [2.24, 2.45) is 5.92 Å². The van der Waals surface area contributed by atoms with Crippen LogP contribution >= 0.6 is 0 Å². The van der Waals surface area contributed by atoms with Crippen LogP contribution in [0.5, 0.6) is 0 Å². The molecule has 1 fully saturated rings. The number of hydrogen-bond donors (Lipinski definition) is 1. The maximum absolute atomic E-state index is 13.1. The van der Waals surface area contributed by atoms with Gasteiger partial charge in [-0.2, -0.15) is 5.10 Å². The minimum Gasteiger partial charge on any atom is -0.383 e. The summed E-state index contributed by atoms with van der Waals surface area (Å²) in [5.74, 6) is 0.706. The van der Waals surface area contributed by atoms with Gasteiger partial charge >= 0.3 is 0 Å². The summed E-state index contributed by atoms with van der Waals surface area (Å²) in [6.07, 6.45) is 5.46. The molecular formula is C21H23N5O3. The van der Waals surface area contributed by atoms with E-state index in [0.717, 1.165) is 18.5 Å². The Labute approximate surface area is 168 Å². The van der Waals surface area contributed by atoms with Gasteiger partial charge in [-0.05, 0) is 25.0 Å². The van der Waals surface area contributed by atoms with Gasteiger partial charge in [0.25, 0.3) is 0 Å². The fourth-order valence-electron chi connectivity index (χ4n) is 3.72. The average Bonchev–Trinajstić information content (AvgIpc) is 3.42. The first-order chi connectivity index (χ1) is 14.1. The second-order valence-corrected chi connectivity index (χ2v) is 7.21. The predicted octanol–water partition coefficient (Wildman–Crippen LogP) is 2.50. The molecular weight excluding hydrogens is 370 g/mol. The number of hydrogen-bond acceptors (Lipinski definition) is 6. The van der Waals surface area contributed by atoms with Gasteiger partial charge < -0.3 is 15.2 Å². The molecule has 0 aliphatic carbocycles. The predicted molar refractivity (Wildman–Crippen MR) is 106 cm³/mol. The maximum atomic E-state index is 13.1. The number of likely N-dealkylation sites (tertiary alicyclic amines) is 1. The van der Waals surface area contributed by atoms with E-state index in [2.05, 4.69) is 10.3 Å². The fraction of sp³-hybridized carbons (Fsp3) is 0.333. The molecule has 1 saturated heterocycles. The Morgan fingerprint density at radius 3 is 2.79 bits per heavy atom. The Morgan fingerprint density at radius 2 is 2.03 bits per heavy atom. The summed E-state index contributed by atoms with van der Waals surface area (Å²) in [5.41, 5.74) is 7.44. The van der Waals surface area contributed by atoms with Crippen LogP contribution in [0.1, 0.15) is 35.4 Å². The lowest BCUT2D eigenvalue weighted by molar-refractivity contribution is -0.132. The van der Waals surface area contributed by atoms with E-state index in [4.69, 9.17) is 10.3 Å². The molecule has 29 heavy (non-hydrogen) atoms. The number of piperidine rings is 1. The van der Waals surface area contributed by atoms with Crippen LogP contribution in [0.4, 0.5) is 5.82 Å². The number of Topliss-reactive ketones (excluding diaryl/α,β-unsaturated/α-hetero) is 1. The molecule has 150 valence electrons. The van der Waals surface area contributed by atoms with Crippen molar-refractivity contribution in [1.29, 1.82) is 0 Å². The Bertz CT molecular complexity index is 981. The molecule has 0 bridgehead atoms. The molecule has 1 aliphatic heterocycles. The first-order valence-electron chi connectivity index (χ1n) is 9.74. The van der Waals surface area contributed by atoms with Crippen LogP contribution in [0.15, 0.2) is 53.3 Å². The van der Waals surface area contributed by atoms with Crippen molar-refractivity contribution >= 4 is 17.5 Å². The summed E-state index contributed by atoms with van der Waals surface area (Å²) >= 11 is 0. The van der Waals surface area contributed by atoms with Gasteiger partial charge in [-0.15, -0.1) is 0 Å². The third-order valence-electron chi connectivity index (χ3n) is 5.29. The summed E-state index contributed by atoms with van der Waals surface area (Å²) in [5, 5.41) is 7.94. The molecule has 3 heterocycles. The molecule has 0 radical (unpaired) electrons. The number of anilines is 1. The second-order valence-electron chi connectivity index (χ2n) is 7.21. The molecule has 3 aromatic rings. The minimum absolute atomic E-state index is 0.0202. The standard InChI is InChI=1S/C21H23N5O3/c22-21-18(13-23-26(21)16-6-2-1-3-7-16)20(28)15-5-4-12-25(14-15)19(27)9-8-17-10-11-24-29-17/h1-3,6-7,10-11,13,15H,4-5,8-9,12,14,22H2. The van der Waals surface area contributed by atoms with Crippen molar-refractivity contribution in [3.8, 4) is 5.69 Å². The van der Waals surface area contributed by atoms with Gasteiger partial charge in [0.15, 0.2) is 5.78 Å². The molecule has 1 amide bonds. The lowest BCUT2D eigenvalue weighted by atomic mass is 9.90. The highest BCUT2D eigenvalue weighted by atomic mass is 16.5. The summed E-state index contributed by atoms with van der Waals surface area (Å²) in [6.45, 7) is 1.07. The van der Waals surface area contributed by atoms with Crippen molar-refractivity contribution in [1.82, 2.24) is 19.8 Å². The lowest BCUT2D eigenvalue weighted by Crippen LogP contribution is -2.42. The Hall–Kier alpha value is -3.42. The smallest absolute Gasteiger partial charge is 0.223 e. The van der Waals surface area contributed by atoms with Gasteiger partial charge in [-0.3, -0.25) is 9.59 Å². The second kappa shape index (κ2) is 8.30. The van der Waals surface area contributed by atoms with Crippen molar-refractivity contribution in [2.75, 3.05) is 18.8 Å². The van der Waals surface area contributed by atoms with E-state index >= 15 is 0 Å². The third kappa shape index (κ3) is 4.06. The number of aromatic nitrogens is 3. The number of amides is 1. The van der Waals surface area contributed by atoms with E-state index < -0.39 is 0 Å². The quantitative estimate of drug-likeness (QED) is 0.645. The molecule has 2 aromatic heterocycles. The van der Waals surface area contributed by atoms with Crippen molar-refractivity contribution in [2.45, 2.75) is 25.7 Å². The topological polar surface area (TPSA) is 107 Å². The highest BCUT2D eigenvalue weighted by Crippen LogP contribution is 2.25. The third-order valence-corrected chi connectivity index (χ3v) is 5.29. The monoisotopic (exact) mass is 393 g/mol. The van der Waals surface area contributed by atoms with Crippen LogP contribution in [0.25, 0.3) is 5.69 Å². The van der Waals surface area contributed by atoms with Crippen LogP contribution < -0.4 is 5.73 Å². The highest BCUT2D eigenvalue weighted by molar-refractivity contribution is 6.02. The Morgan fingerprint density at radius 1 is 1.21 bits per heavy atom. The van der Waals surface area contributed by atoms with Crippen molar-refractivity contribution in [3.63, 3.8) is 0 Å². The van der Waals surface area contributed by atoms with E-state index in [9.17, 15) is 9.59 Å². The molecule has 0 saturated carbocycles. The van der Waals surface area contributed by atoms with E-state index in [1.165, 1.54) is 6.20 Å². The Kier molecular flexibility index (Phi) is 5.41. The van der Waals surface area contributed by atoms with Gasteiger partial charge in [-0.1, -0.05) is 23.4 Å². The van der Waals surface area contributed by atoms with Gasteiger partial charge in [-0.25, -0.2) is 4.68 Å². The number of benzene rings is 1. The number of rotatable bonds is 6. The summed E-state index contributed by atoms with van der Waals surface area (Å²) in [4.78, 5) is 27.4. The van der Waals surface area contributed by atoms with Crippen LogP contribution in [0.2, 0.25) is 0 Å². The minimum atomic E-state index is -0.270. The summed E-state index contributed by atoms with van der Waals surface area (Å²) < 4.78 is 6.61. The van der Waals surface area contributed by atoms with Gasteiger partial charge in [0.2, 0.25) is 5.91 Å². The van der Waals surface area contributed by atoms with Crippen LogP contribution in [-0.4, -0.2) is 44.6 Å². The summed E-state index contributed by atoms with van der Waals surface area (Å²) in [7, 11) is 0. The van der Waals surface area contributed by atoms with E-state index in [1.807, 2.05) is 30.3 Å². The van der Waals surface area contributed by atoms with Crippen LogP contribution in [0.3, 0.4) is 0 Å². The molecule has 1 atom stereocenters. The van der Waals surface area contributed by atoms with E-state index in [0.29, 0.717) is 43.1 Å². The molecule has 1 unspecified atom stereocenters. The molecule has 1 aromatic carbocycles. The maximum Gasteiger partial charge on any atom is 0.223 e. The number of nitrogen functional groups attached to an aromatic ring is 1. The SMILES string of the molecule is Nc1c(C(=O)C2CCCN(C(=O)CCc3ccno3)C2)cnn1-c1ccccc1. The molecule has 4 rings (SSSR count). The largest absolute Gasteiger partial charge is 0.383 e. The number of ketones is 1. The molecule has 2 N–H and O–H groups in total. The molecule has 0 spiro atoms. The number of para-hydroxylation sites is 1. The van der Waals surface area contributed by atoms with Crippen LogP contribution in [-0.2, 0) is 11.2 Å². The zero-order valence-corrected chi connectivity index (χ0v) is 16.0. The number of nitrogens with two attached hydrogens (primary N) is 1. The van der Waals surface area contributed by atoms with Gasteiger partial charge in [0, 0.05) is 37.9 Å². The number of aryl methyl sites for hydroxylation is 1.